The van der Waals surface area contributed by atoms with Crippen LogP contribution >= 0.6 is 16.1 Å². The maximum atomic E-state index is 10.4. The Bertz CT molecular complexity index is 138. The molecule has 1 saturated carbocycles. The fraction of sp³-hybridized carbons (Fsp3) is 0.875. The number of nitrogens with one attached hydrogen (secondary N) is 1. The molecule has 0 aromatic carbocycles. The van der Waals surface area contributed by atoms with E-state index < -0.39 is 11.7 Å². The minimum Gasteiger partial charge on any atom is -0.443 e. The van der Waals surface area contributed by atoms with Gasteiger partial charge in [0.15, 0.2) is 0 Å². The molecule has 0 saturated heterocycles. The zero-order valence-corrected chi connectivity index (χ0v) is 9.40. The molecule has 0 spiro atoms. The van der Waals surface area contributed by atoms with Crippen molar-refractivity contribution in [3.63, 3.8) is 0 Å². The second-order valence-electron chi connectivity index (χ2n) is 3.66. The molecule has 1 aliphatic carbocycles. The molecule has 72 valence electrons. The van der Waals surface area contributed by atoms with E-state index in [-0.39, 0.29) is 0 Å². The molecular formula is C8H16BrNO2. The van der Waals surface area contributed by atoms with Gasteiger partial charge in [0.2, 0.25) is 0 Å². The minimum absolute atomic E-state index is 0.419. The molecule has 0 heterocycles. The molecule has 1 rings (SSSR count). The third kappa shape index (κ3) is 12.4. The third-order valence-corrected chi connectivity index (χ3v) is 1.15. The monoisotopic (exact) mass is 237 g/mol. The van der Waals surface area contributed by atoms with E-state index in [2.05, 4.69) is 20.5 Å². The molecule has 0 atom stereocenters. The Morgan fingerprint density at radius 1 is 1.33 bits per heavy atom. The first-order valence-corrected chi connectivity index (χ1v) is 4.84. The van der Waals surface area contributed by atoms with Crippen molar-refractivity contribution >= 4 is 22.2 Å². The Labute approximate surface area is 82.2 Å². The Morgan fingerprint density at radius 2 is 1.75 bits per heavy atom. The summed E-state index contributed by atoms with van der Waals surface area (Å²) in [5.74, 6) is 0. The van der Waals surface area contributed by atoms with Gasteiger partial charge in [-0.3, -0.25) is 4.34 Å². The first-order chi connectivity index (χ1) is 5.45. The van der Waals surface area contributed by atoms with Crippen molar-refractivity contribution in [1.82, 2.24) is 4.34 Å². The molecule has 1 amide bonds. The molecule has 12 heavy (non-hydrogen) atoms. The molecule has 0 aromatic rings. The van der Waals surface area contributed by atoms with Crippen molar-refractivity contribution in [1.29, 1.82) is 0 Å². The molecule has 0 radical (unpaired) electrons. The Balaban J connectivity index is 0.000000330. The molecule has 4 heteroatoms. The summed E-state index contributed by atoms with van der Waals surface area (Å²) in [6.45, 7) is 5.40. The fourth-order valence-electron chi connectivity index (χ4n) is 0.297. The van der Waals surface area contributed by atoms with Crippen molar-refractivity contribution in [2.24, 2.45) is 0 Å². The average Bonchev–Trinajstić information content (AvgIpc) is 2.67. The molecule has 1 fully saturated rings. The fourth-order valence-corrected chi connectivity index (χ4v) is 0.378. The van der Waals surface area contributed by atoms with E-state index in [0.717, 1.165) is 0 Å². The SMILES string of the molecule is C1CC1.CC(C)(C)OC(=O)NBr. The molecular weight excluding hydrogens is 222 g/mol. The van der Waals surface area contributed by atoms with E-state index in [1.807, 2.05) is 0 Å². The second kappa shape index (κ2) is 5.41. The highest BCUT2D eigenvalue weighted by molar-refractivity contribution is 9.08. The Hall–Kier alpha value is -0.250. The van der Waals surface area contributed by atoms with Crippen LogP contribution in [0.2, 0.25) is 0 Å². The van der Waals surface area contributed by atoms with Crippen LogP contribution in [-0.2, 0) is 4.74 Å². The highest BCUT2D eigenvalue weighted by Gasteiger charge is 2.14. The summed E-state index contributed by atoms with van der Waals surface area (Å²) >= 11 is 2.74. The van der Waals surface area contributed by atoms with Gasteiger partial charge in [0.25, 0.3) is 0 Å². The summed E-state index contributed by atoms with van der Waals surface area (Å²) in [6, 6.07) is 0. The van der Waals surface area contributed by atoms with Crippen LogP contribution in [0.5, 0.6) is 0 Å². The molecule has 0 unspecified atom stereocenters. The van der Waals surface area contributed by atoms with E-state index in [0.29, 0.717) is 0 Å². The molecule has 1 N–H and O–H groups in total. The quantitative estimate of drug-likeness (QED) is 0.659. The predicted molar refractivity (Wildman–Crippen MR) is 52.1 cm³/mol. The van der Waals surface area contributed by atoms with Crippen molar-refractivity contribution in [3.05, 3.63) is 0 Å². The number of halogens is 1. The van der Waals surface area contributed by atoms with Crippen molar-refractivity contribution < 1.29 is 9.53 Å². The molecule has 0 bridgehead atoms. The van der Waals surface area contributed by atoms with Crippen LogP contribution in [-0.4, -0.2) is 11.7 Å². The Kier molecular flexibility index (Phi) is 5.29. The number of amides is 1. The molecule has 3 nitrogen and oxygen atoms in total. The maximum Gasteiger partial charge on any atom is 0.417 e. The lowest BCUT2D eigenvalue weighted by atomic mass is 10.2. The van der Waals surface area contributed by atoms with Gasteiger partial charge in [-0.15, -0.1) is 0 Å². The normalized spacial score (nSPS) is 14.0. The summed E-state index contributed by atoms with van der Waals surface area (Å²) in [4.78, 5) is 10.4. The predicted octanol–water partition coefficient (Wildman–Crippen LogP) is 2.99. The van der Waals surface area contributed by atoms with Gasteiger partial charge in [-0.2, -0.15) is 0 Å². The average molecular weight is 238 g/mol. The van der Waals surface area contributed by atoms with Gasteiger partial charge in [-0.05, 0) is 20.8 Å². The summed E-state index contributed by atoms with van der Waals surface area (Å²) in [6.07, 6.45) is 4.03. The van der Waals surface area contributed by atoms with Gasteiger partial charge >= 0.3 is 6.09 Å². The second-order valence-corrected chi connectivity index (χ2v) is 4.05. The summed E-state index contributed by atoms with van der Waals surface area (Å²) in [7, 11) is 0. The molecule has 0 aromatic heterocycles. The highest BCUT2D eigenvalue weighted by Crippen LogP contribution is 2.14. The van der Waals surface area contributed by atoms with Gasteiger partial charge < -0.3 is 4.74 Å². The summed E-state index contributed by atoms with van der Waals surface area (Å²) < 4.78 is 6.96. The lowest BCUT2D eigenvalue weighted by molar-refractivity contribution is 0.0578. The highest BCUT2D eigenvalue weighted by atomic mass is 79.9. The van der Waals surface area contributed by atoms with E-state index in [9.17, 15) is 4.79 Å². The van der Waals surface area contributed by atoms with E-state index >= 15 is 0 Å². The van der Waals surface area contributed by atoms with Crippen LogP contribution in [0.3, 0.4) is 0 Å². The van der Waals surface area contributed by atoms with Crippen LogP contribution in [0.4, 0.5) is 4.79 Å². The zero-order valence-electron chi connectivity index (χ0n) is 7.82. The van der Waals surface area contributed by atoms with E-state index in [1.54, 1.807) is 20.8 Å². The van der Waals surface area contributed by atoms with Crippen LogP contribution < -0.4 is 4.34 Å². The first-order valence-electron chi connectivity index (χ1n) is 4.05. The number of rotatable bonds is 0. The van der Waals surface area contributed by atoms with E-state index in [1.165, 1.54) is 19.3 Å². The largest absolute Gasteiger partial charge is 0.443 e. The molecule has 0 aliphatic heterocycles. The lowest BCUT2D eigenvalue weighted by Gasteiger charge is -2.17. The van der Waals surface area contributed by atoms with Crippen molar-refractivity contribution in [2.75, 3.05) is 0 Å². The van der Waals surface area contributed by atoms with Gasteiger partial charge in [0, 0.05) is 0 Å². The third-order valence-electron chi connectivity index (χ3n) is 0.830. The summed E-state index contributed by atoms with van der Waals surface area (Å²) in [5.41, 5.74) is -0.419. The van der Waals surface area contributed by atoms with Crippen molar-refractivity contribution in [2.45, 2.75) is 45.6 Å². The first kappa shape index (κ1) is 11.8. The minimum atomic E-state index is -0.470. The standard InChI is InChI=1S/C5H10BrNO2.C3H6/c1-5(2,3)9-4(8)7-6;1-2-3-1/h1-3H3,(H,7,8);1-3H2. The number of carbonyl (C=O) groups is 1. The maximum absolute atomic E-state index is 10.4. The topological polar surface area (TPSA) is 38.3 Å². The number of ether oxygens (including phenoxy) is 1. The van der Waals surface area contributed by atoms with Gasteiger partial charge in [0.05, 0.1) is 16.1 Å². The van der Waals surface area contributed by atoms with Crippen LogP contribution in [0.1, 0.15) is 40.0 Å². The smallest absolute Gasteiger partial charge is 0.417 e. The van der Waals surface area contributed by atoms with Gasteiger partial charge in [-0.25, -0.2) is 4.79 Å². The zero-order chi connectivity index (χ0) is 9.61. The number of hydrogen-bond donors (Lipinski definition) is 1. The van der Waals surface area contributed by atoms with Crippen LogP contribution in [0.15, 0.2) is 0 Å². The summed E-state index contributed by atoms with van der Waals surface area (Å²) in [5, 5.41) is 0. The van der Waals surface area contributed by atoms with Gasteiger partial charge in [-0.1, -0.05) is 19.3 Å². The molecule has 1 aliphatic rings. The van der Waals surface area contributed by atoms with Crippen LogP contribution in [0, 0.1) is 0 Å². The number of hydrogen-bond acceptors (Lipinski definition) is 2. The Morgan fingerprint density at radius 3 is 1.83 bits per heavy atom. The number of carbonyl (C=O) groups excluding carboxylic acids is 1. The lowest BCUT2D eigenvalue weighted by Crippen LogP contribution is -2.27. The van der Waals surface area contributed by atoms with Crippen molar-refractivity contribution in [3.8, 4) is 0 Å². The van der Waals surface area contributed by atoms with Gasteiger partial charge in [0.1, 0.15) is 5.60 Å². The van der Waals surface area contributed by atoms with E-state index in [4.69, 9.17) is 4.74 Å². The van der Waals surface area contributed by atoms with Crippen LogP contribution in [0.25, 0.3) is 0 Å².